The van der Waals surface area contributed by atoms with Crippen molar-refractivity contribution < 1.29 is 10.2 Å². The van der Waals surface area contributed by atoms with E-state index in [4.69, 9.17) is 11.6 Å². The number of rotatable bonds is 6. The summed E-state index contributed by atoms with van der Waals surface area (Å²) in [5, 5.41) is 3.28. The number of quaternary nitrogens is 2. The first-order valence-electron chi connectivity index (χ1n) is 8.73. The van der Waals surface area contributed by atoms with Crippen LogP contribution in [0, 0.1) is 5.92 Å². The Balaban J connectivity index is 1.35. The molecule has 0 aromatic heterocycles. The number of benzene rings is 2. The van der Waals surface area contributed by atoms with E-state index in [1.807, 2.05) is 12.1 Å². The van der Waals surface area contributed by atoms with Gasteiger partial charge in [0.1, 0.15) is 13.1 Å². The molecule has 0 amide bonds. The molecule has 0 spiro atoms. The van der Waals surface area contributed by atoms with E-state index in [9.17, 15) is 0 Å². The van der Waals surface area contributed by atoms with Gasteiger partial charge in [-0.25, -0.2) is 0 Å². The van der Waals surface area contributed by atoms with E-state index >= 15 is 0 Å². The van der Waals surface area contributed by atoms with Gasteiger partial charge >= 0.3 is 0 Å². The lowest BCUT2D eigenvalue weighted by molar-refractivity contribution is -0.920. The second-order valence-corrected chi connectivity index (χ2v) is 7.15. The lowest BCUT2D eigenvalue weighted by Crippen LogP contribution is -3.12. The number of likely N-dealkylation sites (tertiary alicyclic amines) is 1. The molecule has 3 heteroatoms. The molecular formula is C20H27ClN2+2. The Labute approximate surface area is 144 Å². The van der Waals surface area contributed by atoms with E-state index < -0.39 is 0 Å². The van der Waals surface area contributed by atoms with Crippen molar-refractivity contribution in [3.05, 3.63) is 70.7 Å². The standard InChI is InChI=1S/C20H25ClN2/c21-20-8-6-17(7-9-20)14-22-15-18-10-12-23(13-11-18)16-19-4-2-1-3-5-19/h1-9,18,22H,10-16H2/p+2. The highest BCUT2D eigenvalue weighted by molar-refractivity contribution is 6.30. The smallest absolute Gasteiger partial charge is 0.103 e. The lowest BCUT2D eigenvalue weighted by Gasteiger charge is -2.28. The van der Waals surface area contributed by atoms with Crippen LogP contribution in [0.4, 0.5) is 0 Å². The molecule has 1 saturated heterocycles. The van der Waals surface area contributed by atoms with Crippen molar-refractivity contribution in [1.29, 1.82) is 0 Å². The summed E-state index contributed by atoms with van der Waals surface area (Å²) in [7, 11) is 0. The van der Waals surface area contributed by atoms with Crippen molar-refractivity contribution in [2.75, 3.05) is 19.6 Å². The molecular weight excluding hydrogens is 304 g/mol. The fourth-order valence-electron chi connectivity index (χ4n) is 3.49. The predicted molar refractivity (Wildman–Crippen MR) is 95.5 cm³/mol. The number of piperidine rings is 1. The van der Waals surface area contributed by atoms with Gasteiger partial charge in [0.15, 0.2) is 0 Å². The Morgan fingerprint density at radius 2 is 1.61 bits per heavy atom. The highest BCUT2D eigenvalue weighted by Gasteiger charge is 2.23. The average molecular weight is 331 g/mol. The molecule has 1 fully saturated rings. The Morgan fingerprint density at radius 3 is 2.30 bits per heavy atom. The van der Waals surface area contributed by atoms with Crippen LogP contribution in [0.1, 0.15) is 24.0 Å². The summed E-state index contributed by atoms with van der Waals surface area (Å²) in [4.78, 5) is 1.74. The molecule has 122 valence electrons. The van der Waals surface area contributed by atoms with Gasteiger partial charge < -0.3 is 10.2 Å². The molecule has 3 N–H and O–H groups in total. The Hall–Kier alpha value is -1.35. The molecule has 2 aromatic rings. The van der Waals surface area contributed by atoms with Gasteiger partial charge in [-0.3, -0.25) is 0 Å². The van der Waals surface area contributed by atoms with Crippen LogP contribution < -0.4 is 10.2 Å². The quantitative estimate of drug-likeness (QED) is 0.807. The van der Waals surface area contributed by atoms with E-state index in [-0.39, 0.29) is 0 Å². The summed E-state index contributed by atoms with van der Waals surface area (Å²) in [6.07, 6.45) is 2.72. The molecule has 3 rings (SSSR count). The molecule has 23 heavy (non-hydrogen) atoms. The predicted octanol–water partition coefficient (Wildman–Crippen LogP) is 1.90. The fraction of sp³-hybridized carbons (Fsp3) is 0.400. The van der Waals surface area contributed by atoms with Gasteiger partial charge in [-0.15, -0.1) is 0 Å². The largest absolute Gasteiger partial charge is 0.342 e. The van der Waals surface area contributed by atoms with Gasteiger partial charge in [-0.05, 0) is 12.1 Å². The van der Waals surface area contributed by atoms with Crippen molar-refractivity contribution in [2.45, 2.75) is 25.9 Å². The van der Waals surface area contributed by atoms with Gasteiger partial charge in [0.25, 0.3) is 0 Å². The maximum absolute atomic E-state index is 5.93. The Bertz CT molecular complexity index is 574. The highest BCUT2D eigenvalue weighted by atomic mass is 35.5. The third-order valence-electron chi connectivity index (χ3n) is 4.90. The van der Waals surface area contributed by atoms with Crippen LogP contribution in [-0.2, 0) is 13.1 Å². The second-order valence-electron chi connectivity index (χ2n) is 6.71. The van der Waals surface area contributed by atoms with Crippen molar-refractivity contribution in [3.63, 3.8) is 0 Å². The normalized spacial score (nSPS) is 21.3. The first kappa shape index (κ1) is 16.5. The van der Waals surface area contributed by atoms with Gasteiger partial charge in [-0.1, -0.05) is 54.1 Å². The Kier molecular flexibility index (Phi) is 6.09. The minimum atomic E-state index is 0.822. The third kappa shape index (κ3) is 5.35. The molecule has 0 atom stereocenters. The van der Waals surface area contributed by atoms with Gasteiger partial charge in [-0.2, -0.15) is 0 Å². The van der Waals surface area contributed by atoms with Crippen LogP contribution in [-0.4, -0.2) is 19.6 Å². The third-order valence-corrected chi connectivity index (χ3v) is 5.15. The van der Waals surface area contributed by atoms with Crippen molar-refractivity contribution in [1.82, 2.24) is 0 Å². The average Bonchev–Trinajstić information content (AvgIpc) is 2.59. The summed E-state index contributed by atoms with van der Waals surface area (Å²) in [5.41, 5.74) is 2.83. The van der Waals surface area contributed by atoms with Crippen molar-refractivity contribution in [3.8, 4) is 0 Å². The fourth-order valence-corrected chi connectivity index (χ4v) is 3.62. The van der Waals surface area contributed by atoms with Crippen LogP contribution in [0.2, 0.25) is 5.02 Å². The van der Waals surface area contributed by atoms with E-state index in [2.05, 4.69) is 47.8 Å². The zero-order chi connectivity index (χ0) is 15.9. The van der Waals surface area contributed by atoms with Gasteiger partial charge in [0.2, 0.25) is 0 Å². The summed E-state index contributed by atoms with van der Waals surface area (Å²) in [5.74, 6) is 0.877. The van der Waals surface area contributed by atoms with Crippen molar-refractivity contribution in [2.24, 2.45) is 5.92 Å². The molecule has 1 aliphatic heterocycles. The van der Waals surface area contributed by atoms with Gasteiger partial charge in [0.05, 0.1) is 19.6 Å². The van der Waals surface area contributed by atoms with E-state index in [0.717, 1.165) is 17.5 Å². The summed E-state index contributed by atoms with van der Waals surface area (Å²) in [6, 6.07) is 19.1. The van der Waals surface area contributed by atoms with E-state index in [1.54, 1.807) is 4.90 Å². The van der Waals surface area contributed by atoms with Crippen LogP contribution in [0.15, 0.2) is 54.6 Å². The Morgan fingerprint density at radius 1 is 0.913 bits per heavy atom. The maximum atomic E-state index is 5.93. The van der Waals surface area contributed by atoms with Crippen LogP contribution >= 0.6 is 11.6 Å². The number of halogens is 1. The molecule has 0 bridgehead atoms. The first-order valence-corrected chi connectivity index (χ1v) is 9.11. The topological polar surface area (TPSA) is 21.1 Å². The van der Waals surface area contributed by atoms with E-state index in [1.165, 1.54) is 50.1 Å². The van der Waals surface area contributed by atoms with Gasteiger partial charge in [0, 0.05) is 34.9 Å². The van der Waals surface area contributed by atoms with Crippen molar-refractivity contribution >= 4 is 11.6 Å². The molecule has 2 nitrogen and oxygen atoms in total. The first-order chi connectivity index (χ1) is 11.3. The summed E-state index contributed by atoms with van der Waals surface area (Å²) in [6.45, 7) is 6.13. The number of nitrogens with two attached hydrogens (primary N) is 1. The minimum Gasteiger partial charge on any atom is -0.342 e. The molecule has 1 aliphatic rings. The maximum Gasteiger partial charge on any atom is 0.103 e. The summed E-state index contributed by atoms with van der Waals surface area (Å²) >= 11 is 5.93. The molecule has 0 unspecified atom stereocenters. The van der Waals surface area contributed by atoms with E-state index in [0.29, 0.717) is 0 Å². The molecule has 1 heterocycles. The number of hydrogen-bond acceptors (Lipinski definition) is 0. The second kappa shape index (κ2) is 8.49. The highest BCUT2D eigenvalue weighted by Crippen LogP contribution is 2.09. The minimum absolute atomic E-state index is 0.822. The molecule has 0 aliphatic carbocycles. The zero-order valence-electron chi connectivity index (χ0n) is 13.7. The number of hydrogen-bond donors (Lipinski definition) is 2. The lowest BCUT2D eigenvalue weighted by atomic mass is 9.96. The molecule has 0 saturated carbocycles. The monoisotopic (exact) mass is 330 g/mol. The number of nitrogens with one attached hydrogen (secondary N) is 1. The van der Waals surface area contributed by atoms with Crippen LogP contribution in [0.3, 0.4) is 0 Å². The zero-order valence-corrected chi connectivity index (χ0v) is 14.4. The SMILES string of the molecule is Clc1ccc(C[NH2+]CC2CC[NH+](Cc3ccccc3)CC2)cc1. The van der Waals surface area contributed by atoms with Crippen LogP contribution in [0.5, 0.6) is 0 Å². The molecule has 0 radical (unpaired) electrons. The summed E-state index contributed by atoms with van der Waals surface area (Å²) < 4.78 is 0. The van der Waals surface area contributed by atoms with Crippen LogP contribution in [0.25, 0.3) is 0 Å². The molecule has 2 aromatic carbocycles.